The number of carboxylic acid groups (broad SMARTS) is 4. The third-order valence-corrected chi connectivity index (χ3v) is 4.96. The van der Waals surface area contributed by atoms with Crippen LogP contribution in [0.4, 0.5) is 0 Å². The summed E-state index contributed by atoms with van der Waals surface area (Å²) in [6.45, 7) is 0. The number of carbonyl (C=O) groups excluding carboxylic acids is 4. The number of rotatable bonds is 8. The standard InChI is InChI=1S/C14H22N2O8.4Na/c15-13(6-10(21)22)3-1-2-12(4-8(17)18,5-9(19)20)14(13,16)7-11(23)24;;;;/h1-7,15-16H2,(H,17,18)(H,19,20)(H,21,22)(H,23,24);;;;/q;4*+1/p-4/t13-,14+;;;;/m0..../s1. The van der Waals surface area contributed by atoms with Crippen LogP contribution in [0.5, 0.6) is 0 Å². The molecule has 1 fully saturated rings. The summed E-state index contributed by atoms with van der Waals surface area (Å²) in [5, 5.41) is 44.5. The summed E-state index contributed by atoms with van der Waals surface area (Å²) in [5.74, 6) is -6.67. The zero-order valence-electron chi connectivity index (χ0n) is 16.9. The van der Waals surface area contributed by atoms with Gasteiger partial charge in [-0.1, -0.05) is 6.42 Å². The molecule has 0 spiro atoms. The molecule has 0 aliphatic heterocycles. The van der Waals surface area contributed by atoms with Crippen molar-refractivity contribution in [2.75, 3.05) is 0 Å². The quantitative estimate of drug-likeness (QED) is 0.344. The van der Waals surface area contributed by atoms with Crippen LogP contribution in [0, 0.1) is 5.41 Å². The summed E-state index contributed by atoms with van der Waals surface area (Å²) in [6, 6.07) is 0. The van der Waals surface area contributed by atoms with Crippen LogP contribution in [-0.2, 0) is 19.2 Å². The second kappa shape index (κ2) is 14.8. The van der Waals surface area contributed by atoms with E-state index in [0.717, 1.165) is 0 Å². The Balaban J connectivity index is -0.000000720. The van der Waals surface area contributed by atoms with Crippen LogP contribution in [-0.4, -0.2) is 35.0 Å². The third-order valence-electron chi connectivity index (χ3n) is 4.96. The monoisotopic (exact) mass is 434 g/mol. The van der Waals surface area contributed by atoms with Crippen LogP contribution < -0.4 is 150 Å². The molecule has 0 bridgehead atoms. The Morgan fingerprint density at radius 1 is 0.643 bits per heavy atom. The van der Waals surface area contributed by atoms with Crippen molar-refractivity contribution in [1.29, 1.82) is 0 Å². The SMILES string of the molecule is N[C@]1(CC(=O)[O-])CCCC(CC(=O)[O-])(CC(=O)[O-])[C@]1(N)CC(=O)[O-].[Na+].[Na+].[Na+].[Na+]. The Morgan fingerprint density at radius 3 is 1.32 bits per heavy atom. The van der Waals surface area contributed by atoms with Crippen LogP contribution in [0.3, 0.4) is 0 Å². The summed E-state index contributed by atoms with van der Waals surface area (Å²) < 4.78 is 0. The smallest absolute Gasteiger partial charge is 0.550 e. The van der Waals surface area contributed by atoms with Crippen molar-refractivity contribution in [2.24, 2.45) is 16.9 Å². The molecular weight excluding hydrogens is 416 g/mol. The molecule has 4 N–H and O–H groups in total. The number of carboxylic acids is 4. The second-order valence-electron chi connectivity index (χ2n) is 6.46. The van der Waals surface area contributed by atoms with Gasteiger partial charge in [-0.15, -0.1) is 0 Å². The topological polar surface area (TPSA) is 213 Å². The van der Waals surface area contributed by atoms with E-state index in [1.54, 1.807) is 0 Å². The van der Waals surface area contributed by atoms with Crippen LogP contribution in [0.2, 0.25) is 0 Å². The molecule has 14 heteroatoms. The van der Waals surface area contributed by atoms with Crippen molar-refractivity contribution in [3.8, 4) is 0 Å². The largest absolute Gasteiger partial charge is 1.00 e. The number of aliphatic carboxylic acids is 4. The first-order valence-corrected chi connectivity index (χ1v) is 7.25. The fraction of sp³-hybridized carbons (Fsp3) is 0.714. The van der Waals surface area contributed by atoms with Gasteiger partial charge in [-0.2, -0.15) is 0 Å². The fourth-order valence-electron chi connectivity index (χ4n) is 3.92. The Hall–Kier alpha value is 1.80. The minimum atomic E-state index is -2.18. The Morgan fingerprint density at radius 2 is 1.00 bits per heavy atom. The average Bonchev–Trinajstić information content (AvgIpc) is 2.33. The Labute approximate surface area is 251 Å². The predicted molar refractivity (Wildman–Crippen MR) is 68.6 cm³/mol. The van der Waals surface area contributed by atoms with Gasteiger partial charge >= 0.3 is 118 Å². The molecule has 28 heavy (non-hydrogen) atoms. The predicted octanol–water partition coefficient (Wildman–Crippen LogP) is -17.9. The van der Waals surface area contributed by atoms with Crippen molar-refractivity contribution in [1.82, 2.24) is 0 Å². The molecule has 1 saturated carbocycles. The van der Waals surface area contributed by atoms with Crippen LogP contribution in [0.1, 0.15) is 44.9 Å². The molecule has 1 aliphatic rings. The number of hydrogen-bond acceptors (Lipinski definition) is 10. The van der Waals surface area contributed by atoms with E-state index in [9.17, 15) is 39.6 Å². The van der Waals surface area contributed by atoms with E-state index in [0.29, 0.717) is 0 Å². The molecule has 0 aromatic carbocycles. The molecule has 0 aromatic heterocycles. The molecule has 0 saturated heterocycles. The zero-order valence-corrected chi connectivity index (χ0v) is 24.9. The molecule has 1 rings (SSSR count). The van der Waals surface area contributed by atoms with Crippen molar-refractivity contribution in [3.63, 3.8) is 0 Å². The molecule has 0 unspecified atom stereocenters. The van der Waals surface area contributed by atoms with Gasteiger partial charge < -0.3 is 51.1 Å². The van der Waals surface area contributed by atoms with Crippen molar-refractivity contribution < 1.29 is 158 Å². The number of carbonyl (C=O) groups is 4. The van der Waals surface area contributed by atoms with E-state index in [-0.39, 0.29) is 137 Å². The number of hydrogen-bond donors (Lipinski definition) is 2. The number of nitrogens with two attached hydrogens (primary N) is 2. The van der Waals surface area contributed by atoms with Gasteiger partial charge in [0.2, 0.25) is 0 Å². The van der Waals surface area contributed by atoms with Crippen LogP contribution in [0.25, 0.3) is 0 Å². The maximum Gasteiger partial charge on any atom is 1.00 e. The second-order valence-corrected chi connectivity index (χ2v) is 6.46. The minimum absolute atomic E-state index is 0. The molecular formula is C14H18N2Na4O8. The van der Waals surface area contributed by atoms with E-state index in [1.165, 1.54) is 0 Å². The first-order chi connectivity index (χ1) is 10.9. The van der Waals surface area contributed by atoms with Crippen molar-refractivity contribution in [3.05, 3.63) is 0 Å². The van der Waals surface area contributed by atoms with E-state index < -0.39 is 66.1 Å². The molecule has 0 heterocycles. The summed E-state index contributed by atoms with van der Waals surface area (Å²) in [6.07, 6.45) is -3.68. The molecule has 1 aliphatic carbocycles. The minimum Gasteiger partial charge on any atom is -0.550 e. The molecule has 0 aromatic rings. The fourth-order valence-corrected chi connectivity index (χ4v) is 3.92. The molecule has 0 amide bonds. The van der Waals surface area contributed by atoms with Gasteiger partial charge in [0.05, 0.1) is 0 Å². The van der Waals surface area contributed by atoms with E-state index in [1.807, 2.05) is 0 Å². The molecule has 10 nitrogen and oxygen atoms in total. The first kappa shape index (κ1) is 37.1. The Kier molecular flexibility index (Phi) is 19.6. The van der Waals surface area contributed by atoms with Gasteiger partial charge in [-0.05, 0) is 25.7 Å². The first-order valence-electron chi connectivity index (χ1n) is 7.25. The van der Waals surface area contributed by atoms with Gasteiger partial charge in [0.15, 0.2) is 0 Å². The van der Waals surface area contributed by atoms with Gasteiger partial charge in [-0.25, -0.2) is 0 Å². The van der Waals surface area contributed by atoms with Gasteiger partial charge in [0.1, 0.15) is 0 Å². The zero-order chi connectivity index (χ0) is 18.8. The van der Waals surface area contributed by atoms with Crippen molar-refractivity contribution >= 4 is 23.9 Å². The molecule has 136 valence electrons. The third kappa shape index (κ3) is 8.74. The molecule has 0 radical (unpaired) electrons. The summed E-state index contributed by atoms with van der Waals surface area (Å²) in [7, 11) is 0. The van der Waals surface area contributed by atoms with E-state index in [4.69, 9.17) is 11.5 Å². The van der Waals surface area contributed by atoms with Crippen molar-refractivity contribution in [2.45, 2.75) is 56.0 Å². The normalized spacial score (nSPS) is 24.8. The molecule has 2 atom stereocenters. The van der Waals surface area contributed by atoms with Gasteiger partial charge in [-0.3, -0.25) is 0 Å². The summed E-state index contributed by atoms with van der Waals surface area (Å²) in [5.41, 5.74) is 6.26. The van der Waals surface area contributed by atoms with Gasteiger partial charge in [0.25, 0.3) is 0 Å². The average molecular weight is 434 g/mol. The van der Waals surface area contributed by atoms with Gasteiger partial charge in [0, 0.05) is 53.2 Å². The summed E-state index contributed by atoms with van der Waals surface area (Å²) in [4.78, 5) is 44.5. The van der Waals surface area contributed by atoms with E-state index in [2.05, 4.69) is 0 Å². The summed E-state index contributed by atoms with van der Waals surface area (Å²) >= 11 is 0. The maximum absolute atomic E-state index is 11.2. The van der Waals surface area contributed by atoms with Crippen LogP contribution >= 0.6 is 0 Å². The maximum atomic E-state index is 11.2. The van der Waals surface area contributed by atoms with E-state index >= 15 is 0 Å². The Bertz CT molecular complexity index is 564. The van der Waals surface area contributed by atoms with Crippen LogP contribution in [0.15, 0.2) is 0 Å².